The Bertz CT molecular complexity index is 926. The topological polar surface area (TPSA) is 90.5 Å². The van der Waals surface area contributed by atoms with Gasteiger partial charge in [0.05, 0.1) is 16.0 Å². The second kappa shape index (κ2) is 11.0. The van der Waals surface area contributed by atoms with E-state index >= 15 is 0 Å². The van der Waals surface area contributed by atoms with Crippen LogP contribution in [0.25, 0.3) is 0 Å². The van der Waals surface area contributed by atoms with Crippen molar-refractivity contribution < 1.29 is 17.6 Å². The smallest absolute Gasteiger partial charge is 0.243 e. The monoisotopic (exact) mass is 500 g/mol. The molecule has 1 amide bonds. The summed E-state index contributed by atoms with van der Waals surface area (Å²) in [7, 11) is -3.65. The predicted octanol–water partition coefficient (Wildman–Crippen LogP) is 2.51. The Morgan fingerprint density at radius 1 is 1.21 bits per heavy atom. The number of hydrogen-bond donors (Lipinski definition) is 3. The molecule has 4 rings (SSSR count). The summed E-state index contributed by atoms with van der Waals surface area (Å²) in [6.07, 6.45) is 6.59. The van der Waals surface area contributed by atoms with E-state index < -0.39 is 15.8 Å². The fourth-order valence-corrected chi connectivity index (χ4v) is 7.06. The normalized spacial score (nSPS) is 26.8. The fourth-order valence-electron chi connectivity index (χ4n) is 5.32. The molecule has 0 spiro atoms. The molecule has 3 aliphatic heterocycles. The molecule has 184 valence electrons. The van der Waals surface area contributed by atoms with Gasteiger partial charge in [0, 0.05) is 25.7 Å². The SMILES string of the molecule is O=C(NCCCCC1CCN(S(=O)(=O)c2ccc(F)c(Cl)c2)CC1)C1CC2CNCCC2N1. The number of hydrogen-bond acceptors (Lipinski definition) is 5. The average Bonchev–Trinajstić information content (AvgIpc) is 3.25. The van der Waals surface area contributed by atoms with Gasteiger partial charge in [-0.25, -0.2) is 12.8 Å². The number of sulfonamides is 1. The van der Waals surface area contributed by atoms with Crippen LogP contribution in [0.4, 0.5) is 4.39 Å². The van der Waals surface area contributed by atoms with Crippen molar-refractivity contribution in [2.75, 3.05) is 32.7 Å². The van der Waals surface area contributed by atoms with Crippen LogP contribution in [0.2, 0.25) is 5.02 Å². The summed E-state index contributed by atoms with van der Waals surface area (Å²) in [6, 6.07) is 3.94. The largest absolute Gasteiger partial charge is 0.355 e. The number of rotatable bonds is 8. The van der Waals surface area contributed by atoms with Crippen molar-refractivity contribution in [3.8, 4) is 0 Å². The zero-order chi connectivity index (χ0) is 23.4. The quantitative estimate of drug-likeness (QED) is 0.477. The van der Waals surface area contributed by atoms with Crippen LogP contribution in [0.15, 0.2) is 23.1 Å². The van der Waals surface area contributed by atoms with Gasteiger partial charge in [0.15, 0.2) is 0 Å². The van der Waals surface area contributed by atoms with E-state index in [0.29, 0.717) is 37.5 Å². The standard InChI is InChI=1S/C23H34ClFN4O3S/c24-19-14-18(4-5-20(19)25)33(31,32)29-11-7-16(8-12-29)3-1-2-9-27-23(30)22-13-17-15-26-10-6-21(17)28-22/h4-5,14,16-17,21-22,26,28H,1-3,6-13,15H2,(H,27,30). The Morgan fingerprint density at radius 2 is 2.00 bits per heavy atom. The van der Waals surface area contributed by atoms with Crippen LogP contribution in [-0.4, -0.2) is 63.4 Å². The number of fused-ring (bicyclic) bond motifs is 1. The predicted molar refractivity (Wildman–Crippen MR) is 126 cm³/mol. The molecule has 3 aliphatic rings. The van der Waals surface area contributed by atoms with Crippen molar-refractivity contribution in [1.29, 1.82) is 0 Å². The molecule has 1 aromatic rings. The van der Waals surface area contributed by atoms with Gasteiger partial charge in [0.2, 0.25) is 15.9 Å². The highest BCUT2D eigenvalue weighted by Crippen LogP contribution is 2.28. The minimum absolute atomic E-state index is 0.0374. The molecular formula is C23H34ClFN4O3S. The fraction of sp³-hybridized carbons (Fsp3) is 0.696. The first-order valence-corrected chi connectivity index (χ1v) is 13.9. The van der Waals surface area contributed by atoms with Gasteiger partial charge in [-0.3, -0.25) is 4.79 Å². The summed E-state index contributed by atoms with van der Waals surface area (Å²) >= 11 is 5.76. The minimum atomic E-state index is -3.65. The number of nitrogens with one attached hydrogen (secondary N) is 3. The molecule has 33 heavy (non-hydrogen) atoms. The molecule has 3 saturated heterocycles. The first-order valence-electron chi connectivity index (χ1n) is 12.0. The van der Waals surface area contributed by atoms with Gasteiger partial charge >= 0.3 is 0 Å². The maximum atomic E-state index is 13.4. The van der Waals surface area contributed by atoms with Gasteiger partial charge in [0.25, 0.3) is 0 Å². The van der Waals surface area contributed by atoms with Crippen molar-refractivity contribution in [1.82, 2.24) is 20.3 Å². The number of nitrogens with zero attached hydrogens (tertiary/aromatic N) is 1. The molecule has 3 unspecified atom stereocenters. The van der Waals surface area contributed by atoms with Crippen LogP contribution in [0.1, 0.15) is 44.9 Å². The molecule has 0 saturated carbocycles. The van der Waals surface area contributed by atoms with E-state index in [0.717, 1.165) is 64.1 Å². The Kier molecular flexibility index (Phi) is 8.28. The van der Waals surface area contributed by atoms with Gasteiger partial charge in [-0.1, -0.05) is 24.4 Å². The van der Waals surface area contributed by atoms with Gasteiger partial charge in [-0.05, 0) is 75.2 Å². The third-order valence-corrected chi connectivity index (χ3v) is 9.50. The van der Waals surface area contributed by atoms with Gasteiger partial charge in [-0.15, -0.1) is 0 Å². The molecule has 0 bridgehead atoms. The lowest BCUT2D eigenvalue weighted by molar-refractivity contribution is -0.122. The summed E-state index contributed by atoms with van der Waals surface area (Å²) in [5.41, 5.74) is 0. The minimum Gasteiger partial charge on any atom is -0.355 e. The number of benzene rings is 1. The lowest BCUT2D eigenvalue weighted by atomic mass is 9.92. The van der Waals surface area contributed by atoms with Crippen LogP contribution in [0.5, 0.6) is 0 Å². The first-order chi connectivity index (χ1) is 15.8. The number of carbonyl (C=O) groups is 1. The van der Waals surface area contributed by atoms with Crippen molar-refractivity contribution in [2.24, 2.45) is 11.8 Å². The van der Waals surface area contributed by atoms with E-state index in [1.54, 1.807) is 0 Å². The molecule has 3 heterocycles. The van der Waals surface area contributed by atoms with Gasteiger partial charge < -0.3 is 16.0 Å². The molecule has 7 nitrogen and oxygen atoms in total. The first kappa shape index (κ1) is 24.9. The lowest BCUT2D eigenvalue weighted by Crippen LogP contribution is -2.45. The maximum Gasteiger partial charge on any atom is 0.243 e. The van der Waals surface area contributed by atoms with E-state index in [9.17, 15) is 17.6 Å². The molecule has 0 aromatic heterocycles. The zero-order valence-corrected chi connectivity index (χ0v) is 20.4. The van der Waals surface area contributed by atoms with E-state index in [2.05, 4.69) is 16.0 Å². The molecule has 3 fully saturated rings. The van der Waals surface area contributed by atoms with Gasteiger partial charge in [-0.2, -0.15) is 4.31 Å². The molecule has 10 heteroatoms. The lowest BCUT2D eigenvalue weighted by Gasteiger charge is -2.31. The molecule has 0 radical (unpaired) electrons. The van der Waals surface area contributed by atoms with Crippen LogP contribution < -0.4 is 16.0 Å². The highest BCUT2D eigenvalue weighted by atomic mass is 35.5. The van der Waals surface area contributed by atoms with Crippen LogP contribution in [0, 0.1) is 17.7 Å². The average molecular weight is 501 g/mol. The third kappa shape index (κ3) is 6.06. The second-order valence-electron chi connectivity index (χ2n) is 9.52. The van der Waals surface area contributed by atoms with E-state index in [1.165, 1.54) is 16.4 Å². The summed E-state index contributed by atoms with van der Waals surface area (Å²) in [5.74, 6) is 0.532. The summed E-state index contributed by atoms with van der Waals surface area (Å²) in [5, 5.41) is 9.79. The van der Waals surface area contributed by atoms with Crippen molar-refractivity contribution >= 4 is 27.5 Å². The van der Waals surface area contributed by atoms with Gasteiger partial charge in [0.1, 0.15) is 5.82 Å². The Hall–Kier alpha value is -1.26. The maximum absolute atomic E-state index is 13.4. The van der Waals surface area contributed by atoms with Crippen molar-refractivity contribution in [3.05, 3.63) is 29.0 Å². The van der Waals surface area contributed by atoms with Crippen LogP contribution in [-0.2, 0) is 14.8 Å². The molecule has 1 aromatic carbocycles. The Labute approximate surface area is 200 Å². The highest BCUT2D eigenvalue weighted by molar-refractivity contribution is 7.89. The second-order valence-corrected chi connectivity index (χ2v) is 11.9. The number of amides is 1. The third-order valence-electron chi connectivity index (χ3n) is 7.32. The summed E-state index contributed by atoms with van der Waals surface area (Å²) in [4.78, 5) is 12.5. The van der Waals surface area contributed by atoms with E-state index in [4.69, 9.17) is 11.6 Å². The summed E-state index contributed by atoms with van der Waals surface area (Å²) in [6.45, 7) is 3.63. The molecular weight excluding hydrogens is 467 g/mol. The number of unbranched alkanes of at least 4 members (excludes halogenated alkanes) is 1. The summed E-state index contributed by atoms with van der Waals surface area (Å²) < 4.78 is 40.5. The van der Waals surface area contributed by atoms with E-state index in [1.807, 2.05) is 0 Å². The van der Waals surface area contributed by atoms with Crippen molar-refractivity contribution in [2.45, 2.75) is 61.9 Å². The number of carbonyl (C=O) groups excluding carboxylic acids is 1. The van der Waals surface area contributed by atoms with Crippen LogP contribution in [0.3, 0.4) is 0 Å². The molecule has 3 atom stereocenters. The Balaban J connectivity index is 1.12. The molecule has 0 aliphatic carbocycles. The Morgan fingerprint density at radius 3 is 2.73 bits per heavy atom. The number of halogens is 2. The van der Waals surface area contributed by atoms with Crippen LogP contribution >= 0.6 is 11.6 Å². The molecule has 3 N–H and O–H groups in total. The highest BCUT2D eigenvalue weighted by Gasteiger charge is 2.38. The number of piperidine rings is 2. The van der Waals surface area contributed by atoms with Crippen molar-refractivity contribution in [3.63, 3.8) is 0 Å². The zero-order valence-electron chi connectivity index (χ0n) is 18.9. The van der Waals surface area contributed by atoms with E-state index in [-0.39, 0.29) is 21.9 Å².